The first-order valence-electron chi connectivity index (χ1n) is 10.4. The van der Waals surface area contributed by atoms with Crippen molar-refractivity contribution in [2.24, 2.45) is 0 Å². The van der Waals surface area contributed by atoms with Crippen molar-refractivity contribution in [1.29, 1.82) is 0 Å². The molecule has 142 valence electrons. The molecule has 2 heteroatoms. The number of allylic oxidation sites excluding steroid dienone is 4. The van der Waals surface area contributed by atoms with Crippen LogP contribution in [-0.4, -0.2) is 9.97 Å². The SMILES string of the molecule is CCc1cc(C2=CC=CCC2)c2ccc3c(-c4ccccc4)cc(C)nc3c2n1. The summed E-state index contributed by atoms with van der Waals surface area (Å²) in [5.74, 6) is 0. The molecule has 0 saturated heterocycles. The van der Waals surface area contributed by atoms with Gasteiger partial charge in [-0.3, -0.25) is 9.97 Å². The van der Waals surface area contributed by atoms with Gasteiger partial charge in [0.15, 0.2) is 0 Å². The fourth-order valence-electron chi connectivity index (χ4n) is 4.29. The molecule has 0 N–H and O–H groups in total. The number of benzene rings is 2. The summed E-state index contributed by atoms with van der Waals surface area (Å²) in [6.45, 7) is 4.25. The van der Waals surface area contributed by atoms with Crippen LogP contribution in [0.5, 0.6) is 0 Å². The first-order valence-corrected chi connectivity index (χ1v) is 10.4. The van der Waals surface area contributed by atoms with Gasteiger partial charge in [-0.25, -0.2) is 0 Å². The van der Waals surface area contributed by atoms with Gasteiger partial charge in [0.25, 0.3) is 0 Å². The zero-order chi connectivity index (χ0) is 19.8. The van der Waals surface area contributed by atoms with Crippen molar-refractivity contribution >= 4 is 27.4 Å². The lowest BCUT2D eigenvalue weighted by atomic mass is 9.92. The minimum Gasteiger partial charge on any atom is -0.251 e. The van der Waals surface area contributed by atoms with E-state index in [9.17, 15) is 0 Å². The van der Waals surface area contributed by atoms with Gasteiger partial charge in [0.2, 0.25) is 0 Å². The Morgan fingerprint density at radius 1 is 0.862 bits per heavy atom. The summed E-state index contributed by atoms with van der Waals surface area (Å²) < 4.78 is 0. The van der Waals surface area contributed by atoms with Crippen LogP contribution < -0.4 is 0 Å². The maximum Gasteiger partial charge on any atom is 0.0974 e. The highest BCUT2D eigenvalue weighted by atomic mass is 14.8. The number of pyridine rings is 2. The molecule has 0 aliphatic heterocycles. The van der Waals surface area contributed by atoms with Gasteiger partial charge < -0.3 is 0 Å². The van der Waals surface area contributed by atoms with E-state index in [1.165, 1.54) is 33.0 Å². The van der Waals surface area contributed by atoms with Crippen LogP contribution in [0, 0.1) is 6.92 Å². The number of aromatic nitrogens is 2. The van der Waals surface area contributed by atoms with E-state index in [0.717, 1.165) is 41.7 Å². The van der Waals surface area contributed by atoms with Crippen molar-refractivity contribution < 1.29 is 0 Å². The largest absolute Gasteiger partial charge is 0.251 e. The zero-order valence-electron chi connectivity index (χ0n) is 16.9. The second kappa shape index (κ2) is 7.29. The fourth-order valence-corrected chi connectivity index (χ4v) is 4.29. The Kier molecular flexibility index (Phi) is 4.48. The Bertz CT molecular complexity index is 1280. The third kappa shape index (κ3) is 3.15. The Labute approximate surface area is 171 Å². The van der Waals surface area contributed by atoms with Crippen LogP contribution in [0.1, 0.15) is 36.7 Å². The van der Waals surface area contributed by atoms with Crippen LogP contribution in [0.15, 0.2) is 72.8 Å². The standard InChI is InChI=1S/C27H24N2/c1-3-21-17-25(20-12-8-5-9-13-20)23-15-14-22-24(19-10-6-4-7-11-19)16-18(2)28-26(22)27(23)29-21/h4-8,10-12,14-17H,3,9,13H2,1-2H3. The molecular weight excluding hydrogens is 352 g/mol. The van der Waals surface area contributed by atoms with Gasteiger partial charge in [0, 0.05) is 22.2 Å². The Morgan fingerprint density at radius 3 is 2.34 bits per heavy atom. The quantitative estimate of drug-likeness (QED) is 0.358. The van der Waals surface area contributed by atoms with E-state index < -0.39 is 0 Å². The highest BCUT2D eigenvalue weighted by Crippen LogP contribution is 2.36. The lowest BCUT2D eigenvalue weighted by Gasteiger charge is -2.16. The average Bonchev–Trinajstić information content (AvgIpc) is 2.78. The lowest BCUT2D eigenvalue weighted by Crippen LogP contribution is -1.98. The summed E-state index contributed by atoms with van der Waals surface area (Å²) in [6, 6.07) is 19.5. The minimum atomic E-state index is 0.916. The van der Waals surface area contributed by atoms with Crippen LogP contribution in [0.3, 0.4) is 0 Å². The molecule has 2 heterocycles. The average molecular weight is 377 g/mol. The summed E-state index contributed by atoms with van der Waals surface area (Å²) >= 11 is 0. The van der Waals surface area contributed by atoms with Gasteiger partial charge in [-0.2, -0.15) is 0 Å². The third-order valence-electron chi connectivity index (χ3n) is 5.75. The topological polar surface area (TPSA) is 25.8 Å². The number of hydrogen-bond donors (Lipinski definition) is 0. The highest BCUT2D eigenvalue weighted by molar-refractivity contribution is 6.10. The van der Waals surface area contributed by atoms with E-state index in [1.54, 1.807) is 0 Å². The number of rotatable bonds is 3. The predicted molar refractivity (Wildman–Crippen MR) is 123 cm³/mol. The molecule has 0 spiro atoms. The van der Waals surface area contributed by atoms with Gasteiger partial charge in [0.1, 0.15) is 0 Å². The Balaban J connectivity index is 1.86. The second-order valence-electron chi connectivity index (χ2n) is 7.71. The second-order valence-corrected chi connectivity index (χ2v) is 7.71. The molecule has 4 aromatic rings. The zero-order valence-corrected chi connectivity index (χ0v) is 16.9. The summed E-state index contributed by atoms with van der Waals surface area (Å²) in [6.07, 6.45) is 9.75. The van der Waals surface area contributed by atoms with Crippen LogP contribution in [-0.2, 0) is 6.42 Å². The molecule has 0 radical (unpaired) electrons. The maximum atomic E-state index is 5.05. The smallest absolute Gasteiger partial charge is 0.0974 e. The first kappa shape index (κ1) is 17.8. The van der Waals surface area contributed by atoms with E-state index in [0.29, 0.717) is 0 Å². The number of aryl methyl sites for hydroxylation is 2. The molecule has 0 unspecified atom stereocenters. The normalized spacial score (nSPS) is 13.8. The van der Waals surface area contributed by atoms with Gasteiger partial charge in [-0.15, -0.1) is 0 Å². The molecule has 1 aliphatic rings. The summed E-state index contributed by atoms with van der Waals surface area (Å²) in [5.41, 5.74) is 9.31. The van der Waals surface area contributed by atoms with Crippen molar-refractivity contribution in [3.8, 4) is 11.1 Å². The molecule has 0 saturated carbocycles. The van der Waals surface area contributed by atoms with E-state index in [-0.39, 0.29) is 0 Å². The highest BCUT2D eigenvalue weighted by Gasteiger charge is 2.15. The number of nitrogens with zero attached hydrogens (tertiary/aromatic N) is 2. The van der Waals surface area contributed by atoms with Crippen LogP contribution >= 0.6 is 0 Å². The molecular formula is C27H24N2. The van der Waals surface area contributed by atoms with Crippen molar-refractivity contribution in [3.05, 3.63) is 89.8 Å². The van der Waals surface area contributed by atoms with Crippen molar-refractivity contribution in [3.63, 3.8) is 0 Å². The van der Waals surface area contributed by atoms with Crippen molar-refractivity contribution in [1.82, 2.24) is 9.97 Å². The van der Waals surface area contributed by atoms with Crippen LogP contribution in [0.25, 0.3) is 38.5 Å². The molecule has 29 heavy (non-hydrogen) atoms. The molecule has 0 amide bonds. The molecule has 2 aromatic carbocycles. The first-order chi connectivity index (χ1) is 14.2. The third-order valence-corrected chi connectivity index (χ3v) is 5.75. The van der Waals surface area contributed by atoms with Crippen molar-refractivity contribution in [2.45, 2.75) is 33.1 Å². The Morgan fingerprint density at radius 2 is 1.62 bits per heavy atom. The van der Waals surface area contributed by atoms with Crippen LogP contribution in [0.2, 0.25) is 0 Å². The predicted octanol–water partition coefficient (Wildman–Crippen LogP) is 7.05. The van der Waals surface area contributed by atoms with E-state index in [2.05, 4.69) is 86.7 Å². The summed E-state index contributed by atoms with van der Waals surface area (Å²) in [7, 11) is 0. The summed E-state index contributed by atoms with van der Waals surface area (Å²) in [5, 5.41) is 2.37. The summed E-state index contributed by atoms with van der Waals surface area (Å²) in [4.78, 5) is 10.0. The minimum absolute atomic E-state index is 0.916. The monoisotopic (exact) mass is 376 g/mol. The van der Waals surface area contributed by atoms with Gasteiger partial charge in [-0.1, -0.05) is 67.6 Å². The molecule has 5 rings (SSSR count). The molecule has 0 bridgehead atoms. The van der Waals surface area contributed by atoms with Gasteiger partial charge in [-0.05, 0) is 60.6 Å². The maximum absolute atomic E-state index is 5.05. The van der Waals surface area contributed by atoms with Gasteiger partial charge >= 0.3 is 0 Å². The molecule has 2 aromatic heterocycles. The number of hydrogen-bond acceptors (Lipinski definition) is 2. The number of fused-ring (bicyclic) bond motifs is 3. The molecule has 1 aliphatic carbocycles. The van der Waals surface area contributed by atoms with Crippen LogP contribution in [0.4, 0.5) is 0 Å². The van der Waals surface area contributed by atoms with E-state index in [1.807, 2.05) is 0 Å². The Hall–Kier alpha value is -3.26. The van der Waals surface area contributed by atoms with Crippen molar-refractivity contribution in [2.75, 3.05) is 0 Å². The molecule has 2 nitrogen and oxygen atoms in total. The fraction of sp³-hybridized carbons (Fsp3) is 0.185. The van der Waals surface area contributed by atoms with E-state index in [4.69, 9.17) is 9.97 Å². The lowest BCUT2D eigenvalue weighted by molar-refractivity contribution is 1.04. The molecule has 0 atom stereocenters. The van der Waals surface area contributed by atoms with Gasteiger partial charge in [0.05, 0.1) is 11.0 Å². The van der Waals surface area contributed by atoms with E-state index >= 15 is 0 Å². The molecule has 0 fully saturated rings.